The van der Waals surface area contributed by atoms with Crippen molar-refractivity contribution in [3.8, 4) is 5.75 Å². The third kappa shape index (κ3) is 3.86. The zero-order valence-corrected chi connectivity index (χ0v) is 13.7. The molecule has 1 amide bonds. The molecule has 0 fully saturated rings. The molecular weight excluding hydrogens is 358 g/mol. The van der Waals surface area contributed by atoms with Crippen molar-refractivity contribution < 1.29 is 9.53 Å². The highest BCUT2D eigenvalue weighted by atomic mass is 79.9. The largest absolute Gasteiger partial charge is 0.496 e. The number of amides is 1. The maximum Gasteiger partial charge on any atom is 0.287 e. The first kappa shape index (κ1) is 15.6. The van der Waals surface area contributed by atoms with E-state index >= 15 is 0 Å². The number of carbonyl (C=O) groups excluding carboxylic acids is 1. The number of H-pyrrole nitrogens is 1. The molecule has 1 heterocycles. The van der Waals surface area contributed by atoms with E-state index in [9.17, 15) is 4.79 Å². The quantitative estimate of drug-likeness (QED) is 0.638. The van der Waals surface area contributed by atoms with Crippen LogP contribution in [-0.2, 0) is 0 Å². The highest BCUT2D eigenvalue weighted by Gasteiger charge is 2.10. The second-order valence-corrected chi connectivity index (χ2v) is 5.57. The van der Waals surface area contributed by atoms with Crippen molar-refractivity contribution in [2.45, 2.75) is 6.92 Å². The van der Waals surface area contributed by atoms with Crippen LogP contribution in [0, 0.1) is 0 Å². The van der Waals surface area contributed by atoms with Crippen molar-refractivity contribution in [2.75, 3.05) is 7.11 Å². The first-order valence-electron chi connectivity index (χ1n) is 6.03. The van der Waals surface area contributed by atoms with Crippen LogP contribution < -0.4 is 10.2 Å². The highest BCUT2D eigenvalue weighted by molar-refractivity contribution is 9.10. The van der Waals surface area contributed by atoms with Crippen LogP contribution in [0.1, 0.15) is 23.0 Å². The van der Waals surface area contributed by atoms with Crippen molar-refractivity contribution in [3.05, 3.63) is 51.2 Å². The Balaban J connectivity index is 2.18. The number of halogens is 2. The van der Waals surface area contributed by atoms with Crippen LogP contribution in [0.3, 0.4) is 0 Å². The standard InChI is InChI=1S/C14H13BrClN3O2/c1-8(11-6-10(16)3-4-13(11)21-2)18-19-14(20)12-5-9(15)7-17-12/h3-7,17H,1-2H3,(H,19,20)/b18-8-. The Morgan fingerprint density at radius 3 is 2.81 bits per heavy atom. The summed E-state index contributed by atoms with van der Waals surface area (Å²) in [7, 11) is 1.56. The molecule has 2 aromatic rings. The summed E-state index contributed by atoms with van der Waals surface area (Å²) in [5.41, 5.74) is 4.20. The lowest BCUT2D eigenvalue weighted by Gasteiger charge is -2.08. The molecule has 0 bridgehead atoms. The fraction of sp³-hybridized carbons (Fsp3) is 0.143. The minimum absolute atomic E-state index is 0.332. The second kappa shape index (κ2) is 6.78. The topological polar surface area (TPSA) is 66.5 Å². The summed E-state index contributed by atoms with van der Waals surface area (Å²) in [6, 6.07) is 6.88. The van der Waals surface area contributed by atoms with Gasteiger partial charge in [-0.2, -0.15) is 5.10 Å². The number of hydrogen-bond acceptors (Lipinski definition) is 3. The van der Waals surface area contributed by atoms with Gasteiger partial charge in [0.15, 0.2) is 0 Å². The molecule has 0 radical (unpaired) electrons. The molecule has 0 unspecified atom stereocenters. The van der Waals surface area contributed by atoms with Crippen LogP contribution in [0.5, 0.6) is 5.75 Å². The predicted octanol–water partition coefficient (Wildman–Crippen LogP) is 3.59. The summed E-state index contributed by atoms with van der Waals surface area (Å²) in [5.74, 6) is 0.304. The van der Waals surface area contributed by atoms with Crippen molar-refractivity contribution in [2.24, 2.45) is 5.10 Å². The first-order chi connectivity index (χ1) is 10.0. The summed E-state index contributed by atoms with van der Waals surface area (Å²) in [6.45, 7) is 1.76. The molecular formula is C14H13BrClN3O2. The Kier molecular flexibility index (Phi) is 5.03. The van der Waals surface area contributed by atoms with Gasteiger partial charge in [0.25, 0.3) is 5.91 Å². The number of carbonyl (C=O) groups is 1. The molecule has 1 aromatic heterocycles. The van der Waals surface area contributed by atoms with E-state index in [-0.39, 0.29) is 5.91 Å². The third-order valence-electron chi connectivity index (χ3n) is 2.77. The molecule has 5 nitrogen and oxygen atoms in total. The van der Waals surface area contributed by atoms with Gasteiger partial charge in [-0.05, 0) is 47.1 Å². The van der Waals surface area contributed by atoms with E-state index < -0.39 is 0 Å². The smallest absolute Gasteiger partial charge is 0.287 e. The first-order valence-corrected chi connectivity index (χ1v) is 7.21. The molecule has 0 atom stereocenters. The molecule has 0 aliphatic heterocycles. The maximum absolute atomic E-state index is 11.9. The second-order valence-electron chi connectivity index (χ2n) is 4.21. The van der Waals surface area contributed by atoms with E-state index in [0.29, 0.717) is 22.2 Å². The summed E-state index contributed by atoms with van der Waals surface area (Å²) in [5, 5.41) is 4.64. The highest BCUT2D eigenvalue weighted by Crippen LogP contribution is 2.23. The number of nitrogens with zero attached hydrogens (tertiary/aromatic N) is 1. The van der Waals surface area contributed by atoms with Crippen molar-refractivity contribution >= 4 is 39.1 Å². The zero-order valence-electron chi connectivity index (χ0n) is 11.4. The van der Waals surface area contributed by atoms with Crippen LogP contribution in [0.15, 0.2) is 40.0 Å². The fourth-order valence-corrected chi connectivity index (χ4v) is 2.23. The molecule has 0 spiro atoms. The number of benzene rings is 1. The molecule has 7 heteroatoms. The van der Waals surface area contributed by atoms with Gasteiger partial charge in [-0.15, -0.1) is 0 Å². The van der Waals surface area contributed by atoms with E-state index in [1.807, 2.05) is 0 Å². The molecule has 2 N–H and O–H groups in total. The average molecular weight is 371 g/mol. The van der Waals surface area contributed by atoms with Crippen LogP contribution >= 0.6 is 27.5 Å². The van der Waals surface area contributed by atoms with Gasteiger partial charge in [-0.25, -0.2) is 5.43 Å². The number of hydrazone groups is 1. The van der Waals surface area contributed by atoms with Crippen LogP contribution in [0.25, 0.3) is 0 Å². The molecule has 0 aliphatic carbocycles. The van der Waals surface area contributed by atoms with Gasteiger partial charge in [-0.3, -0.25) is 4.79 Å². The van der Waals surface area contributed by atoms with Gasteiger partial charge in [-0.1, -0.05) is 11.6 Å². The van der Waals surface area contributed by atoms with Gasteiger partial charge in [0.2, 0.25) is 0 Å². The van der Waals surface area contributed by atoms with E-state index in [1.54, 1.807) is 44.5 Å². The lowest BCUT2D eigenvalue weighted by Crippen LogP contribution is -2.19. The lowest BCUT2D eigenvalue weighted by atomic mass is 10.1. The predicted molar refractivity (Wildman–Crippen MR) is 86.2 cm³/mol. The SMILES string of the molecule is COc1ccc(Cl)cc1/C(C)=N\NC(=O)c1cc(Br)c[nH]1. The van der Waals surface area contributed by atoms with Gasteiger partial charge in [0, 0.05) is 21.3 Å². The van der Waals surface area contributed by atoms with Gasteiger partial charge in [0.1, 0.15) is 11.4 Å². The Hall–Kier alpha value is -1.79. The Morgan fingerprint density at radius 1 is 1.43 bits per heavy atom. The van der Waals surface area contributed by atoms with Gasteiger partial charge >= 0.3 is 0 Å². The molecule has 0 saturated carbocycles. The number of aromatic nitrogens is 1. The van der Waals surface area contributed by atoms with E-state index in [4.69, 9.17) is 16.3 Å². The number of aromatic amines is 1. The van der Waals surface area contributed by atoms with Crippen molar-refractivity contribution in [3.63, 3.8) is 0 Å². The van der Waals surface area contributed by atoms with Crippen molar-refractivity contribution in [1.29, 1.82) is 0 Å². The molecule has 21 heavy (non-hydrogen) atoms. The van der Waals surface area contributed by atoms with Gasteiger partial charge < -0.3 is 9.72 Å². The third-order valence-corrected chi connectivity index (χ3v) is 3.46. The summed E-state index contributed by atoms with van der Waals surface area (Å²) < 4.78 is 6.05. The average Bonchev–Trinajstić information content (AvgIpc) is 2.91. The number of nitrogens with one attached hydrogen (secondary N) is 2. The van der Waals surface area contributed by atoms with Gasteiger partial charge in [0.05, 0.1) is 12.8 Å². The number of methoxy groups -OCH3 is 1. The number of hydrogen-bond donors (Lipinski definition) is 2. The van der Waals surface area contributed by atoms with Crippen molar-refractivity contribution in [1.82, 2.24) is 10.4 Å². The Morgan fingerprint density at radius 2 is 2.19 bits per heavy atom. The minimum atomic E-state index is -0.332. The number of ether oxygens (including phenoxy) is 1. The Bertz CT molecular complexity index is 697. The van der Waals surface area contributed by atoms with Crippen LogP contribution in [0.2, 0.25) is 5.02 Å². The van der Waals surface area contributed by atoms with E-state index in [0.717, 1.165) is 10.0 Å². The Labute approximate surface area is 135 Å². The fourth-order valence-electron chi connectivity index (χ4n) is 1.72. The van der Waals surface area contributed by atoms with E-state index in [1.165, 1.54) is 0 Å². The monoisotopic (exact) mass is 369 g/mol. The molecule has 0 aliphatic rings. The van der Waals surface area contributed by atoms with Crippen LogP contribution in [-0.4, -0.2) is 23.7 Å². The molecule has 110 valence electrons. The number of rotatable bonds is 4. The summed E-state index contributed by atoms with van der Waals surface area (Å²) >= 11 is 9.24. The minimum Gasteiger partial charge on any atom is -0.496 e. The zero-order chi connectivity index (χ0) is 15.4. The lowest BCUT2D eigenvalue weighted by molar-refractivity contribution is 0.0950. The van der Waals surface area contributed by atoms with Crippen LogP contribution in [0.4, 0.5) is 0 Å². The summed E-state index contributed by atoms with van der Waals surface area (Å²) in [6.07, 6.45) is 1.67. The normalized spacial score (nSPS) is 11.3. The molecule has 1 aromatic carbocycles. The molecule has 0 saturated heterocycles. The maximum atomic E-state index is 11.9. The van der Waals surface area contributed by atoms with E-state index in [2.05, 4.69) is 31.4 Å². The summed E-state index contributed by atoms with van der Waals surface area (Å²) in [4.78, 5) is 14.7. The molecule has 2 rings (SSSR count).